The van der Waals surface area contributed by atoms with Crippen molar-refractivity contribution in [1.82, 2.24) is 10.2 Å². The summed E-state index contributed by atoms with van der Waals surface area (Å²) in [6.45, 7) is 0.496. The van der Waals surface area contributed by atoms with E-state index in [4.69, 9.17) is 15.9 Å². The summed E-state index contributed by atoms with van der Waals surface area (Å²) in [6.07, 6.45) is 7.51. The first-order chi connectivity index (χ1) is 14.7. The molecule has 8 nitrogen and oxygen atoms in total. The van der Waals surface area contributed by atoms with Gasteiger partial charge in [0.25, 0.3) is 5.91 Å². The Morgan fingerprint density at radius 2 is 1.81 bits per heavy atom. The third kappa shape index (κ3) is 5.22. The summed E-state index contributed by atoms with van der Waals surface area (Å²) in [6, 6.07) is 7.76. The fourth-order valence-corrected chi connectivity index (χ4v) is 5.08. The quantitative estimate of drug-likeness (QED) is 0.229. The molecule has 0 radical (unpaired) electrons. The molecule has 3 aliphatic carbocycles. The molecule has 3 aliphatic rings. The summed E-state index contributed by atoms with van der Waals surface area (Å²) >= 11 is 0. The summed E-state index contributed by atoms with van der Waals surface area (Å²) in [5, 5.41) is 29.4. The Balaban J connectivity index is 1.58. The van der Waals surface area contributed by atoms with Gasteiger partial charge in [-0.05, 0) is 74.5 Å². The Kier molecular flexibility index (Phi) is 7.29. The van der Waals surface area contributed by atoms with Gasteiger partial charge in [0.1, 0.15) is 0 Å². The number of hydrogen-bond acceptors (Lipinski definition) is 5. The standard InChI is InChI=1S/C22H35BN4O4/c1-27(20(24)25)15-3-4-18(23(29)30)26-19(28)16-5-7-17(8-6-16)21-9-12-22(31-2,13-10-21)14-11-21/h5-8,18,29-30H,3-4,9-15H2,1-2H3,(H3,24,25)(H,26,28)/t18-,21?,22?/m0/s1. The van der Waals surface area contributed by atoms with Crippen LogP contribution in [0.25, 0.3) is 0 Å². The van der Waals surface area contributed by atoms with Crippen LogP contribution >= 0.6 is 0 Å². The van der Waals surface area contributed by atoms with E-state index in [1.165, 1.54) is 5.56 Å². The summed E-state index contributed by atoms with van der Waals surface area (Å²) in [7, 11) is 1.86. The number of hydrogen-bond donors (Lipinski definition) is 5. The van der Waals surface area contributed by atoms with Crippen LogP contribution in [0.3, 0.4) is 0 Å². The Morgan fingerprint density at radius 3 is 2.29 bits per heavy atom. The summed E-state index contributed by atoms with van der Waals surface area (Å²) in [4.78, 5) is 14.2. The number of fused-ring (bicyclic) bond motifs is 3. The molecule has 0 unspecified atom stereocenters. The molecular weight excluding hydrogens is 395 g/mol. The minimum Gasteiger partial charge on any atom is -0.426 e. The molecule has 31 heavy (non-hydrogen) atoms. The van der Waals surface area contributed by atoms with Crippen LogP contribution in [-0.4, -0.2) is 66.2 Å². The molecule has 4 rings (SSSR count). The van der Waals surface area contributed by atoms with Crippen molar-refractivity contribution in [3.63, 3.8) is 0 Å². The van der Waals surface area contributed by atoms with Gasteiger partial charge in [-0.3, -0.25) is 10.2 Å². The van der Waals surface area contributed by atoms with Crippen molar-refractivity contribution in [1.29, 1.82) is 5.41 Å². The highest BCUT2D eigenvalue weighted by molar-refractivity contribution is 6.43. The molecule has 1 atom stereocenters. The minimum atomic E-state index is -1.66. The zero-order valence-electron chi connectivity index (χ0n) is 18.6. The molecule has 0 spiro atoms. The SMILES string of the molecule is COC12CCC(c3ccc(C(=O)N[C@@H](CCCN(C)C(=N)N)B(O)O)cc3)(CC1)CC2. The van der Waals surface area contributed by atoms with E-state index in [2.05, 4.69) is 5.32 Å². The number of rotatable bonds is 9. The Morgan fingerprint density at radius 1 is 1.23 bits per heavy atom. The van der Waals surface area contributed by atoms with E-state index in [1.807, 2.05) is 31.4 Å². The van der Waals surface area contributed by atoms with Crippen molar-refractivity contribution in [3.05, 3.63) is 35.4 Å². The molecule has 1 amide bonds. The van der Waals surface area contributed by atoms with E-state index in [0.29, 0.717) is 24.9 Å². The molecule has 0 aliphatic heterocycles. The van der Waals surface area contributed by atoms with Crippen LogP contribution in [0.15, 0.2) is 24.3 Å². The van der Waals surface area contributed by atoms with Gasteiger partial charge in [-0.1, -0.05) is 12.1 Å². The third-order valence-electron chi connectivity index (χ3n) is 7.47. The molecule has 0 heterocycles. The van der Waals surface area contributed by atoms with Gasteiger partial charge in [0.15, 0.2) is 5.96 Å². The van der Waals surface area contributed by atoms with Crippen LogP contribution in [0, 0.1) is 5.41 Å². The minimum absolute atomic E-state index is 0.0477. The molecule has 0 saturated heterocycles. The van der Waals surface area contributed by atoms with Gasteiger partial charge in [0.2, 0.25) is 0 Å². The van der Waals surface area contributed by atoms with Gasteiger partial charge in [0.05, 0.1) is 11.5 Å². The number of benzene rings is 1. The molecule has 1 aromatic carbocycles. The molecule has 3 saturated carbocycles. The Bertz CT molecular complexity index is 762. The van der Waals surface area contributed by atoms with Crippen LogP contribution in [0.4, 0.5) is 0 Å². The highest BCUT2D eigenvalue weighted by Crippen LogP contribution is 2.54. The van der Waals surface area contributed by atoms with Crippen molar-refractivity contribution in [2.45, 2.75) is 68.3 Å². The predicted octanol–water partition coefficient (Wildman–Crippen LogP) is 1.39. The van der Waals surface area contributed by atoms with E-state index in [-0.39, 0.29) is 22.9 Å². The van der Waals surface area contributed by atoms with E-state index in [0.717, 1.165) is 38.5 Å². The third-order valence-corrected chi connectivity index (χ3v) is 7.47. The lowest BCUT2D eigenvalue weighted by Gasteiger charge is -2.53. The van der Waals surface area contributed by atoms with Crippen molar-refractivity contribution in [3.8, 4) is 0 Å². The molecule has 6 N–H and O–H groups in total. The largest absolute Gasteiger partial charge is 0.475 e. The lowest BCUT2D eigenvalue weighted by Crippen LogP contribution is -2.49. The van der Waals surface area contributed by atoms with Gasteiger partial charge in [-0.2, -0.15) is 0 Å². The summed E-state index contributed by atoms with van der Waals surface area (Å²) in [5.41, 5.74) is 7.44. The second-order valence-corrected chi connectivity index (χ2v) is 9.19. The predicted molar refractivity (Wildman–Crippen MR) is 121 cm³/mol. The second-order valence-electron chi connectivity index (χ2n) is 9.19. The number of nitrogens with one attached hydrogen (secondary N) is 2. The Labute approximate surface area is 184 Å². The molecule has 9 heteroatoms. The number of guanidine groups is 1. The Hall–Kier alpha value is -2.10. The molecule has 1 aromatic rings. The van der Waals surface area contributed by atoms with Crippen LogP contribution in [0.5, 0.6) is 0 Å². The van der Waals surface area contributed by atoms with Gasteiger partial charge in [-0.25, -0.2) is 0 Å². The fraction of sp³-hybridized carbons (Fsp3) is 0.636. The van der Waals surface area contributed by atoms with Crippen molar-refractivity contribution >= 4 is 19.0 Å². The van der Waals surface area contributed by atoms with Gasteiger partial charge in [-0.15, -0.1) is 0 Å². The molecule has 3 fully saturated rings. The van der Waals surface area contributed by atoms with Crippen LogP contribution in [-0.2, 0) is 10.2 Å². The van der Waals surface area contributed by atoms with Crippen molar-refractivity contribution in [2.24, 2.45) is 5.73 Å². The van der Waals surface area contributed by atoms with Gasteiger partial charge >= 0.3 is 7.12 Å². The maximum absolute atomic E-state index is 12.7. The zero-order chi connectivity index (χ0) is 22.6. The number of carbonyl (C=O) groups excluding carboxylic acids is 1. The second kappa shape index (κ2) is 9.59. The molecule has 0 aromatic heterocycles. The molecule has 170 valence electrons. The number of nitrogens with zero attached hydrogens (tertiary/aromatic N) is 1. The van der Waals surface area contributed by atoms with Crippen LogP contribution in [0.2, 0.25) is 0 Å². The normalized spacial score (nSPS) is 25.7. The highest BCUT2D eigenvalue weighted by atomic mass is 16.5. The molecule has 2 bridgehead atoms. The van der Waals surface area contributed by atoms with Crippen molar-refractivity contribution < 1.29 is 19.6 Å². The van der Waals surface area contributed by atoms with Gasteiger partial charge < -0.3 is 30.7 Å². The average molecular weight is 430 g/mol. The summed E-state index contributed by atoms with van der Waals surface area (Å²) < 4.78 is 5.79. The van der Waals surface area contributed by atoms with E-state index < -0.39 is 13.1 Å². The average Bonchev–Trinajstić information content (AvgIpc) is 2.79. The first-order valence-electron chi connectivity index (χ1n) is 11.1. The fourth-order valence-electron chi connectivity index (χ4n) is 5.08. The van der Waals surface area contributed by atoms with Crippen LogP contribution in [0.1, 0.15) is 67.3 Å². The maximum Gasteiger partial charge on any atom is 0.475 e. The topological polar surface area (TPSA) is 132 Å². The monoisotopic (exact) mass is 430 g/mol. The lowest BCUT2D eigenvalue weighted by atomic mass is 9.56. The number of ether oxygens (including phenoxy) is 1. The van der Waals surface area contributed by atoms with E-state index in [9.17, 15) is 14.8 Å². The van der Waals surface area contributed by atoms with Crippen LogP contribution < -0.4 is 11.1 Å². The first-order valence-corrected chi connectivity index (χ1v) is 11.1. The number of amides is 1. The first kappa shape index (κ1) is 23.6. The summed E-state index contributed by atoms with van der Waals surface area (Å²) in [5.74, 6) is -1.16. The number of methoxy groups -OCH3 is 1. The molecular formula is C22H35BN4O4. The zero-order valence-corrected chi connectivity index (χ0v) is 18.6. The van der Waals surface area contributed by atoms with Gasteiger partial charge in [0, 0.05) is 26.3 Å². The number of carbonyl (C=O) groups is 1. The lowest BCUT2D eigenvalue weighted by molar-refractivity contribution is -0.0955. The smallest absolute Gasteiger partial charge is 0.426 e. The number of nitrogens with two attached hydrogens (primary N) is 1. The highest BCUT2D eigenvalue weighted by Gasteiger charge is 2.49. The van der Waals surface area contributed by atoms with Crippen molar-refractivity contribution in [2.75, 3.05) is 20.7 Å². The maximum atomic E-state index is 12.7. The van der Waals surface area contributed by atoms with E-state index >= 15 is 0 Å². The van der Waals surface area contributed by atoms with E-state index in [1.54, 1.807) is 11.9 Å².